The molecule has 0 N–H and O–H groups in total. The zero-order valence-electron chi connectivity index (χ0n) is 18.1. The van der Waals surface area contributed by atoms with E-state index in [4.69, 9.17) is 4.52 Å². The summed E-state index contributed by atoms with van der Waals surface area (Å²) >= 11 is 0. The minimum Gasteiger partial charge on any atom is -0.364 e. The van der Waals surface area contributed by atoms with Crippen molar-refractivity contribution in [3.05, 3.63) is 81.7 Å². The summed E-state index contributed by atoms with van der Waals surface area (Å²) in [4.78, 5) is 25.7. The van der Waals surface area contributed by atoms with Crippen molar-refractivity contribution in [3.63, 3.8) is 0 Å². The molecule has 0 saturated heterocycles. The molecule has 1 fully saturated rings. The number of nitrogens with zero attached hydrogens (tertiary/aromatic N) is 2. The van der Waals surface area contributed by atoms with Gasteiger partial charge in [0.25, 0.3) is 5.91 Å². The van der Waals surface area contributed by atoms with Crippen LogP contribution >= 0.6 is 0 Å². The Balaban J connectivity index is 1.57. The summed E-state index contributed by atoms with van der Waals surface area (Å²) in [5.41, 5.74) is 1.57. The van der Waals surface area contributed by atoms with E-state index in [0.717, 1.165) is 35.7 Å². The van der Waals surface area contributed by atoms with Crippen LogP contribution in [0.3, 0.4) is 0 Å². The molecule has 0 spiro atoms. The monoisotopic (exact) mass is 454 g/mol. The number of hydrogen-bond donors (Lipinski definition) is 0. The summed E-state index contributed by atoms with van der Waals surface area (Å²) in [6.45, 7) is 3.88. The molecule has 1 saturated carbocycles. The molecule has 0 atom stereocenters. The molecule has 1 aliphatic carbocycles. The Morgan fingerprint density at radius 1 is 1.21 bits per heavy atom. The molecule has 33 heavy (non-hydrogen) atoms. The van der Waals surface area contributed by atoms with Crippen LogP contribution in [-0.2, 0) is 18.1 Å². The van der Waals surface area contributed by atoms with Gasteiger partial charge in [-0.05, 0) is 61.1 Å². The number of carbonyl (C=O) groups excluding carboxylic acids is 2. The maximum absolute atomic E-state index is 13.7. The second kappa shape index (κ2) is 7.30. The molecule has 1 amide bonds. The number of benzene rings is 2. The number of hydrogen-bond acceptors (Lipinski definition) is 4. The predicted octanol–water partition coefficient (Wildman–Crippen LogP) is 5.69. The smallest absolute Gasteiger partial charge is 0.364 e. The van der Waals surface area contributed by atoms with E-state index in [2.05, 4.69) is 12.1 Å². The van der Waals surface area contributed by atoms with Gasteiger partial charge in [-0.15, -0.1) is 0 Å². The van der Waals surface area contributed by atoms with Gasteiger partial charge in [0.1, 0.15) is 12.5 Å². The number of alkyl halides is 3. The van der Waals surface area contributed by atoms with Gasteiger partial charge < -0.3 is 9.42 Å². The lowest BCUT2D eigenvalue weighted by atomic mass is 9.57. The van der Waals surface area contributed by atoms with E-state index in [1.165, 1.54) is 11.0 Å². The maximum Gasteiger partial charge on any atom is 0.416 e. The van der Waals surface area contributed by atoms with Gasteiger partial charge in [0.2, 0.25) is 0 Å². The van der Waals surface area contributed by atoms with Crippen molar-refractivity contribution >= 4 is 17.9 Å². The van der Waals surface area contributed by atoms with Crippen molar-refractivity contribution in [2.24, 2.45) is 5.92 Å². The number of rotatable bonds is 4. The Bertz CT molecular complexity index is 1270. The van der Waals surface area contributed by atoms with Crippen molar-refractivity contribution in [1.82, 2.24) is 5.16 Å². The highest BCUT2D eigenvalue weighted by molar-refractivity contribution is 6.11. The van der Waals surface area contributed by atoms with Crippen LogP contribution in [0.1, 0.15) is 68.4 Å². The van der Waals surface area contributed by atoms with Gasteiger partial charge in [-0.2, -0.15) is 13.2 Å². The van der Waals surface area contributed by atoms with Crippen molar-refractivity contribution in [1.29, 1.82) is 0 Å². The molecule has 2 heterocycles. The third-order valence-corrected chi connectivity index (χ3v) is 6.81. The number of aromatic nitrogens is 1. The van der Waals surface area contributed by atoms with Gasteiger partial charge in [-0.1, -0.05) is 24.2 Å². The molecule has 3 aromatic rings. The molecule has 0 unspecified atom stereocenters. The topological polar surface area (TPSA) is 63.4 Å². The number of aldehydes is 1. The molecule has 2 aliphatic rings. The first-order chi connectivity index (χ1) is 15.6. The standard InChI is InChI=1S/C25H21F3N2O3/c1-14-9-24(10-14,22-15(2)13-33-29-22)17-4-3-5-18(8-17)30-11-20-19(23(30)32)6-16(12-31)7-21(20)25(26,27)28/h3-8,12-14H,9-11H2,1-2H3. The molecule has 2 aromatic carbocycles. The molecule has 5 rings (SSSR count). The van der Waals surface area contributed by atoms with Gasteiger partial charge >= 0.3 is 6.18 Å². The predicted molar refractivity (Wildman–Crippen MR) is 114 cm³/mol. The van der Waals surface area contributed by atoms with Crippen molar-refractivity contribution in [2.45, 2.75) is 44.8 Å². The van der Waals surface area contributed by atoms with Crippen molar-refractivity contribution in [2.75, 3.05) is 4.90 Å². The van der Waals surface area contributed by atoms with Crippen LogP contribution in [0.2, 0.25) is 0 Å². The number of carbonyl (C=O) groups is 2. The Hall–Kier alpha value is -3.42. The highest BCUT2D eigenvalue weighted by atomic mass is 19.4. The number of anilines is 1. The first kappa shape index (κ1) is 21.4. The molecule has 8 heteroatoms. The van der Waals surface area contributed by atoms with E-state index in [1.807, 2.05) is 25.1 Å². The van der Waals surface area contributed by atoms with Crippen LogP contribution < -0.4 is 4.90 Å². The second-order valence-corrected chi connectivity index (χ2v) is 9.09. The molecule has 1 aliphatic heterocycles. The lowest BCUT2D eigenvalue weighted by molar-refractivity contribution is -0.138. The minimum atomic E-state index is -4.67. The molecular formula is C25H21F3N2O3. The van der Waals surface area contributed by atoms with Gasteiger partial charge in [0.05, 0.1) is 17.8 Å². The van der Waals surface area contributed by atoms with Crippen molar-refractivity contribution in [3.8, 4) is 0 Å². The maximum atomic E-state index is 13.7. The Kier molecular flexibility index (Phi) is 4.74. The SMILES string of the molecule is Cc1conc1C1(c2cccc(N3Cc4c(cc(C=O)cc4C(F)(F)F)C3=O)c2)CC(C)C1. The lowest BCUT2D eigenvalue weighted by Gasteiger charge is -2.46. The Labute approximate surface area is 188 Å². The summed E-state index contributed by atoms with van der Waals surface area (Å²) in [6, 6.07) is 9.38. The van der Waals surface area contributed by atoms with Crippen LogP contribution in [-0.4, -0.2) is 17.4 Å². The second-order valence-electron chi connectivity index (χ2n) is 9.09. The largest absolute Gasteiger partial charge is 0.416 e. The van der Waals surface area contributed by atoms with Gasteiger partial charge in [-0.3, -0.25) is 9.59 Å². The van der Waals surface area contributed by atoms with Gasteiger partial charge in [0, 0.05) is 27.8 Å². The summed E-state index contributed by atoms with van der Waals surface area (Å²) in [6.07, 6.45) is -1.02. The van der Waals surface area contributed by atoms with E-state index in [1.54, 1.807) is 12.3 Å². The zero-order valence-corrected chi connectivity index (χ0v) is 18.1. The third-order valence-electron chi connectivity index (χ3n) is 6.81. The quantitative estimate of drug-likeness (QED) is 0.475. The highest BCUT2D eigenvalue weighted by Gasteiger charge is 2.48. The molecular weight excluding hydrogens is 433 g/mol. The average molecular weight is 454 g/mol. The van der Waals surface area contributed by atoms with E-state index in [9.17, 15) is 22.8 Å². The lowest BCUT2D eigenvalue weighted by Crippen LogP contribution is -2.42. The molecule has 0 radical (unpaired) electrons. The van der Waals surface area contributed by atoms with Crippen LogP contribution in [0.4, 0.5) is 18.9 Å². The van der Waals surface area contributed by atoms with Crippen LogP contribution in [0.15, 0.2) is 47.2 Å². The summed E-state index contributed by atoms with van der Waals surface area (Å²) in [7, 11) is 0. The van der Waals surface area contributed by atoms with Crippen LogP contribution in [0.5, 0.6) is 0 Å². The number of fused-ring (bicyclic) bond motifs is 1. The van der Waals surface area contributed by atoms with Gasteiger partial charge in [-0.25, -0.2) is 0 Å². The number of aryl methyl sites for hydroxylation is 1. The summed E-state index contributed by atoms with van der Waals surface area (Å²) < 4.78 is 46.2. The van der Waals surface area contributed by atoms with E-state index in [-0.39, 0.29) is 28.7 Å². The van der Waals surface area contributed by atoms with Gasteiger partial charge in [0.15, 0.2) is 0 Å². The van der Waals surface area contributed by atoms with Crippen LogP contribution in [0, 0.1) is 12.8 Å². The van der Waals surface area contributed by atoms with E-state index < -0.39 is 17.6 Å². The van der Waals surface area contributed by atoms with Crippen molar-refractivity contribution < 1.29 is 27.3 Å². The highest BCUT2D eigenvalue weighted by Crippen LogP contribution is 2.53. The molecule has 1 aromatic heterocycles. The first-order valence-electron chi connectivity index (χ1n) is 10.7. The molecule has 170 valence electrons. The van der Waals surface area contributed by atoms with Crippen LogP contribution in [0.25, 0.3) is 0 Å². The zero-order chi connectivity index (χ0) is 23.5. The number of amides is 1. The Morgan fingerprint density at radius 3 is 2.58 bits per heavy atom. The van der Waals surface area contributed by atoms with E-state index in [0.29, 0.717) is 17.9 Å². The fourth-order valence-electron chi connectivity index (χ4n) is 5.38. The summed E-state index contributed by atoms with van der Waals surface area (Å²) in [5, 5.41) is 4.24. The first-order valence-corrected chi connectivity index (χ1v) is 10.7. The fraction of sp³-hybridized carbons (Fsp3) is 0.320. The molecule has 0 bridgehead atoms. The normalized spacial score (nSPS) is 22.3. The fourth-order valence-corrected chi connectivity index (χ4v) is 5.38. The average Bonchev–Trinajstić information content (AvgIpc) is 3.33. The number of halogens is 3. The Morgan fingerprint density at radius 2 is 1.97 bits per heavy atom. The molecule has 5 nitrogen and oxygen atoms in total. The summed E-state index contributed by atoms with van der Waals surface area (Å²) in [5.74, 6) is -0.0662. The van der Waals surface area contributed by atoms with E-state index >= 15 is 0 Å². The third kappa shape index (κ3) is 3.27. The minimum absolute atomic E-state index is 0.0864.